The second kappa shape index (κ2) is 8.78. The molecule has 2 aromatic carbocycles. The molecule has 0 aliphatic heterocycles. The zero-order valence-corrected chi connectivity index (χ0v) is 16.9. The third-order valence-electron chi connectivity index (χ3n) is 4.78. The number of pyridine rings is 1. The van der Waals surface area contributed by atoms with E-state index in [4.69, 9.17) is 4.74 Å². The van der Waals surface area contributed by atoms with Crippen molar-refractivity contribution in [2.45, 2.75) is 19.3 Å². The summed E-state index contributed by atoms with van der Waals surface area (Å²) in [4.78, 5) is 11.8. The molecule has 2 aromatic heterocycles. The first-order valence-electron chi connectivity index (χ1n) is 9.75. The molecule has 0 saturated carbocycles. The van der Waals surface area contributed by atoms with Gasteiger partial charge >= 0.3 is 0 Å². The van der Waals surface area contributed by atoms with Crippen LogP contribution in [0.15, 0.2) is 61.1 Å². The molecular formula is C23H18F4N4O. The maximum Gasteiger partial charge on any atom is 0.270 e. The number of aromatic nitrogens is 3. The van der Waals surface area contributed by atoms with Gasteiger partial charge in [-0.2, -0.15) is 0 Å². The molecule has 0 radical (unpaired) electrons. The van der Waals surface area contributed by atoms with E-state index in [-0.39, 0.29) is 28.2 Å². The fourth-order valence-corrected chi connectivity index (χ4v) is 3.14. The molecule has 0 amide bonds. The lowest BCUT2D eigenvalue weighted by Gasteiger charge is -2.12. The number of alkyl halides is 2. The van der Waals surface area contributed by atoms with E-state index in [1.54, 1.807) is 12.1 Å². The van der Waals surface area contributed by atoms with Gasteiger partial charge in [0.15, 0.2) is 0 Å². The smallest absolute Gasteiger partial charge is 0.270 e. The van der Waals surface area contributed by atoms with Gasteiger partial charge in [0.2, 0.25) is 5.88 Å². The highest BCUT2D eigenvalue weighted by Gasteiger charge is 2.24. The predicted octanol–water partition coefficient (Wildman–Crippen LogP) is 5.86. The van der Waals surface area contributed by atoms with E-state index in [9.17, 15) is 17.6 Å². The number of rotatable bonds is 7. The summed E-state index contributed by atoms with van der Waals surface area (Å²) < 4.78 is 60.5. The van der Waals surface area contributed by atoms with Gasteiger partial charge in [0.05, 0.1) is 5.39 Å². The van der Waals surface area contributed by atoms with E-state index in [0.717, 1.165) is 24.6 Å². The summed E-state index contributed by atoms with van der Waals surface area (Å²) >= 11 is 0. The van der Waals surface area contributed by atoms with Gasteiger partial charge in [-0.25, -0.2) is 32.5 Å². The summed E-state index contributed by atoms with van der Waals surface area (Å²) in [5.41, 5.74) is 0.679. The molecule has 0 fully saturated rings. The number of ether oxygens (including phenoxy) is 1. The van der Waals surface area contributed by atoms with Crippen LogP contribution in [0.3, 0.4) is 0 Å². The Balaban J connectivity index is 1.39. The Labute approximate surface area is 181 Å². The van der Waals surface area contributed by atoms with E-state index in [2.05, 4.69) is 20.3 Å². The van der Waals surface area contributed by atoms with Gasteiger partial charge in [0.1, 0.15) is 35.0 Å². The van der Waals surface area contributed by atoms with Crippen LogP contribution in [-0.2, 0) is 12.3 Å². The number of benzene rings is 2. The van der Waals surface area contributed by atoms with Crippen LogP contribution >= 0.6 is 0 Å². The van der Waals surface area contributed by atoms with Crippen LogP contribution in [0.4, 0.5) is 23.4 Å². The lowest BCUT2D eigenvalue weighted by molar-refractivity contribution is 0.0171. The number of hydrogen-bond donors (Lipinski definition) is 1. The number of hydrogen-bond acceptors (Lipinski definition) is 5. The van der Waals surface area contributed by atoms with Crippen molar-refractivity contribution < 1.29 is 22.3 Å². The van der Waals surface area contributed by atoms with Crippen molar-refractivity contribution >= 4 is 16.7 Å². The lowest BCUT2D eigenvalue weighted by Crippen LogP contribution is -2.08. The molecular weight excluding hydrogens is 424 g/mol. The Morgan fingerprint density at radius 1 is 0.938 bits per heavy atom. The summed E-state index contributed by atoms with van der Waals surface area (Å²) in [6.45, 7) is 1.22. The van der Waals surface area contributed by atoms with Crippen LogP contribution in [0, 0.1) is 11.6 Å². The molecule has 0 aliphatic rings. The molecule has 0 atom stereocenters. The normalized spacial score (nSPS) is 11.5. The van der Waals surface area contributed by atoms with Crippen molar-refractivity contribution in [2.24, 2.45) is 0 Å². The van der Waals surface area contributed by atoms with E-state index in [0.29, 0.717) is 18.7 Å². The Morgan fingerprint density at radius 2 is 1.69 bits per heavy atom. The first-order chi connectivity index (χ1) is 15.3. The molecule has 0 saturated heterocycles. The van der Waals surface area contributed by atoms with Crippen molar-refractivity contribution in [3.8, 4) is 11.6 Å². The molecule has 0 spiro atoms. The van der Waals surface area contributed by atoms with Gasteiger partial charge in [-0.3, -0.25) is 0 Å². The number of nitrogens with one attached hydrogen (secondary N) is 1. The Morgan fingerprint density at radius 3 is 2.44 bits per heavy atom. The molecule has 1 N–H and O–H groups in total. The fourth-order valence-electron chi connectivity index (χ4n) is 3.14. The van der Waals surface area contributed by atoms with Gasteiger partial charge in [-0.15, -0.1) is 0 Å². The monoisotopic (exact) mass is 442 g/mol. The number of halogens is 4. The van der Waals surface area contributed by atoms with E-state index >= 15 is 0 Å². The number of fused-ring (bicyclic) bond motifs is 1. The minimum Gasteiger partial charge on any atom is -0.439 e. The maximum atomic E-state index is 14.1. The lowest BCUT2D eigenvalue weighted by atomic mass is 10.1. The molecule has 164 valence electrons. The summed E-state index contributed by atoms with van der Waals surface area (Å²) in [5, 5.41) is 3.01. The zero-order valence-electron chi connectivity index (χ0n) is 16.9. The minimum atomic E-state index is -2.98. The van der Waals surface area contributed by atoms with Gasteiger partial charge in [0, 0.05) is 31.3 Å². The molecule has 32 heavy (non-hydrogen) atoms. The standard InChI is InChI=1S/C23H18F4N4O/c1-23(26,27)15-9-11-28-19(12-15)32-16-4-2-14(3-5-16)8-10-29-22-20-17(24)6-7-18(25)21(20)30-13-31-22/h2-7,9,11-13H,8,10H2,1H3,(H,29,30,31). The van der Waals surface area contributed by atoms with Crippen LogP contribution in [-0.4, -0.2) is 21.5 Å². The highest BCUT2D eigenvalue weighted by atomic mass is 19.3. The van der Waals surface area contributed by atoms with Crippen molar-refractivity contribution in [3.05, 3.63) is 83.8 Å². The third-order valence-corrected chi connectivity index (χ3v) is 4.78. The van der Waals surface area contributed by atoms with Gasteiger partial charge < -0.3 is 10.1 Å². The Bertz CT molecular complexity index is 1240. The van der Waals surface area contributed by atoms with Crippen molar-refractivity contribution in [1.29, 1.82) is 0 Å². The first-order valence-corrected chi connectivity index (χ1v) is 9.75. The van der Waals surface area contributed by atoms with Gasteiger partial charge in [-0.1, -0.05) is 12.1 Å². The Hall–Kier alpha value is -3.75. The SMILES string of the molecule is CC(F)(F)c1ccnc(Oc2ccc(CCNc3ncnc4c(F)ccc(F)c34)cc2)c1. The topological polar surface area (TPSA) is 59.9 Å². The van der Waals surface area contributed by atoms with E-state index in [1.165, 1.54) is 24.7 Å². The minimum absolute atomic E-state index is 0.00337. The molecule has 9 heteroatoms. The highest BCUT2D eigenvalue weighted by molar-refractivity contribution is 5.89. The van der Waals surface area contributed by atoms with Crippen molar-refractivity contribution in [2.75, 3.05) is 11.9 Å². The van der Waals surface area contributed by atoms with Crippen LogP contribution in [0.25, 0.3) is 10.9 Å². The molecule has 4 aromatic rings. The van der Waals surface area contributed by atoms with Gasteiger partial charge in [0.25, 0.3) is 5.92 Å². The number of anilines is 1. The van der Waals surface area contributed by atoms with Gasteiger partial charge in [-0.05, 0) is 42.3 Å². The zero-order chi connectivity index (χ0) is 22.7. The largest absolute Gasteiger partial charge is 0.439 e. The summed E-state index contributed by atoms with van der Waals surface area (Å²) in [6, 6.07) is 11.5. The average molecular weight is 442 g/mol. The second-order valence-electron chi connectivity index (χ2n) is 7.17. The predicted molar refractivity (Wildman–Crippen MR) is 112 cm³/mol. The fraction of sp³-hybridized carbons (Fsp3) is 0.174. The quantitative estimate of drug-likeness (QED) is 0.363. The Kier molecular flexibility index (Phi) is 5.89. The van der Waals surface area contributed by atoms with Crippen molar-refractivity contribution in [3.63, 3.8) is 0 Å². The van der Waals surface area contributed by atoms with Crippen molar-refractivity contribution in [1.82, 2.24) is 15.0 Å². The highest BCUT2D eigenvalue weighted by Crippen LogP contribution is 2.30. The maximum absolute atomic E-state index is 14.1. The van der Waals surface area contributed by atoms with E-state index in [1.807, 2.05) is 12.1 Å². The molecule has 0 bridgehead atoms. The second-order valence-corrected chi connectivity index (χ2v) is 7.17. The molecule has 0 unspecified atom stereocenters. The summed E-state index contributed by atoms with van der Waals surface area (Å²) in [5.74, 6) is -3.48. The van der Waals surface area contributed by atoms with E-state index < -0.39 is 17.6 Å². The van der Waals surface area contributed by atoms with Crippen LogP contribution in [0.2, 0.25) is 0 Å². The summed E-state index contributed by atoms with van der Waals surface area (Å²) in [7, 11) is 0. The third kappa shape index (κ3) is 4.77. The summed E-state index contributed by atoms with van der Waals surface area (Å²) in [6.07, 6.45) is 3.02. The van der Waals surface area contributed by atoms with Crippen LogP contribution < -0.4 is 10.1 Å². The number of nitrogens with zero attached hydrogens (tertiary/aromatic N) is 3. The first kappa shape index (κ1) is 21.5. The molecule has 0 aliphatic carbocycles. The molecule has 4 rings (SSSR count). The molecule has 5 nitrogen and oxygen atoms in total. The molecule has 2 heterocycles. The average Bonchev–Trinajstić information content (AvgIpc) is 2.77. The van der Waals surface area contributed by atoms with Crippen LogP contribution in [0.1, 0.15) is 18.1 Å². The van der Waals surface area contributed by atoms with Crippen LogP contribution in [0.5, 0.6) is 11.6 Å².